The van der Waals surface area contributed by atoms with E-state index < -0.39 is 17.3 Å². The van der Waals surface area contributed by atoms with Crippen molar-refractivity contribution in [1.82, 2.24) is 4.90 Å². The smallest absolute Gasteiger partial charge is 0.234 e. The number of aliphatic hydroxyl groups is 1. The van der Waals surface area contributed by atoms with Crippen LogP contribution in [-0.2, 0) is 21.5 Å². The number of hydrogen-bond donors (Lipinski definition) is 1. The molecule has 0 aromatic heterocycles. The molecule has 4 heteroatoms. The summed E-state index contributed by atoms with van der Waals surface area (Å²) in [5.41, 5.74) is 4.15. The van der Waals surface area contributed by atoms with E-state index >= 15 is 0 Å². The standard InChI is InChI=1S/C26H21NO3/c28-15-26-19-12-6-4-10-17(19)21(18-11-5-7-13-20(18)26)22-23(26)25(30)27(24(22)29)14-16-8-2-1-3-9-16/h1-13,21-23,28H,14-15H2/t21?,22-,23+,26?/m1/s1. The number of amides is 2. The second-order valence-corrected chi connectivity index (χ2v) is 8.53. The zero-order chi connectivity index (χ0) is 20.5. The van der Waals surface area contributed by atoms with Crippen molar-refractivity contribution in [3.8, 4) is 0 Å². The number of likely N-dealkylation sites (tertiary alicyclic amines) is 1. The normalized spacial score (nSPS) is 28.3. The molecule has 4 aliphatic rings. The molecule has 0 radical (unpaired) electrons. The predicted molar refractivity (Wildman–Crippen MR) is 112 cm³/mol. The van der Waals surface area contributed by atoms with E-state index in [4.69, 9.17) is 0 Å². The Morgan fingerprint density at radius 3 is 1.93 bits per heavy atom. The van der Waals surface area contributed by atoms with Crippen LogP contribution in [0.15, 0.2) is 78.9 Å². The molecule has 3 aromatic rings. The van der Waals surface area contributed by atoms with Crippen molar-refractivity contribution in [2.24, 2.45) is 11.8 Å². The lowest BCUT2D eigenvalue weighted by atomic mass is 9.47. The molecular formula is C26H21NO3. The molecule has 1 aliphatic heterocycles. The maximum Gasteiger partial charge on any atom is 0.234 e. The van der Waals surface area contributed by atoms with E-state index in [2.05, 4.69) is 0 Å². The number of nitrogens with zero attached hydrogens (tertiary/aromatic N) is 1. The second kappa shape index (κ2) is 6.13. The average Bonchev–Trinajstić information content (AvgIpc) is 3.05. The minimum atomic E-state index is -0.884. The van der Waals surface area contributed by atoms with E-state index in [9.17, 15) is 14.7 Å². The number of rotatable bonds is 3. The predicted octanol–water partition coefficient (Wildman–Crippen LogP) is 3.23. The van der Waals surface area contributed by atoms with E-state index in [1.54, 1.807) is 0 Å². The molecule has 0 unspecified atom stereocenters. The van der Waals surface area contributed by atoms with Gasteiger partial charge in [0.15, 0.2) is 0 Å². The largest absolute Gasteiger partial charge is 0.395 e. The summed E-state index contributed by atoms with van der Waals surface area (Å²) in [4.78, 5) is 28.8. The summed E-state index contributed by atoms with van der Waals surface area (Å²) in [5.74, 6) is -1.50. The lowest BCUT2D eigenvalue weighted by molar-refractivity contribution is -0.141. The Bertz CT molecular complexity index is 1140. The van der Waals surface area contributed by atoms with Crippen LogP contribution in [0.1, 0.15) is 33.7 Å². The minimum absolute atomic E-state index is 0.124. The molecule has 0 saturated carbocycles. The van der Waals surface area contributed by atoms with Crippen LogP contribution in [0.3, 0.4) is 0 Å². The van der Waals surface area contributed by atoms with Gasteiger partial charge in [0.2, 0.25) is 11.8 Å². The van der Waals surface area contributed by atoms with Gasteiger partial charge < -0.3 is 5.11 Å². The SMILES string of the molecule is O=C1[C@@H]2C3c4ccccc4C(CO)(c4ccccc43)[C@@H]2C(=O)N1Cc1ccccc1. The molecule has 30 heavy (non-hydrogen) atoms. The third kappa shape index (κ3) is 1.99. The molecule has 0 spiro atoms. The molecule has 2 amide bonds. The van der Waals surface area contributed by atoms with Crippen LogP contribution in [0.4, 0.5) is 0 Å². The summed E-state index contributed by atoms with van der Waals surface area (Å²) in [6.45, 7) is 0.0690. The first kappa shape index (κ1) is 17.6. The molecule has 4 nitrogen and oxygen atoms in total. The first-order chi connectivity index (χ1) is 14.7. The molecule has 1 fully saturated rings. The first-order valence-electron chi connectivity index (χ1n) is 10.4. The first-order valence-corrected chi connectivity index (χ1v) is 10.4. The second-order valence-electron chi connectivity index (χ2n) is 8.53. The van der Waals surface area contributed by atoms with Gasteiger partial charge in [-0.1, -0.05) is 78.9 Å². The Balaban J connectivity index is 1.57. The average molecular weight is 395 g/mol. The lowest BCUT2D eigenvalue weighted by Crippen LogP contribution is -2.55. The molecule has 1 saturated heterocycles. The van der Waals surface area contributed by atoms with Crippen molar-refractivity contribution >= 4 is 11.8 Å². The summed E-state index contributed by atoms with van der Waals surface area (Å²) >= 11 is 0. The summed E-state index contributed by atoms with van der Waals surface area (Å²) in [7, 11) is 0. The van der Waals surface area contributed by atoms with Crippen molar-refractivity contribution in [2.75, 3.05) is 6.61 Å². The highest BCUT2D eigenvalue weighted by molar-refractivity contribution is 6.08. The molecule has 3 aliphatic carbocycles. The van der Waals surface area contributed by atoms with Crippen LogP contribution < -0.4 is 0 Å². The van der Waals surface area contributed by atoms with Crippen LogP contribution in [0.25, 0.3) is 0 Å². The van der Waals surface area contributed by atoms with Gasteiger partial charge in [-0.25, -0.2) is 0 Å². The Labute approximate surface area is 174 Å². The van der Waals surface area contributed by atoms with Crippen molar-refractivity contribution in [2.45, 2.75) is 17.9 Å². The van der Waals surface area contributed by atoms with Crippen molar-refractivity contribution in [3.05, 3.63) is 107 Å². The van der Waals surface area contributed by atoms with Crippen LogP contribution >= 0.6 is 0 Å². The number of carbonyl (C=O) groups is 2. The third-order valence-corrected chi connectivity index (χ3v) is 7.32. The number of aliphatic hydroxyl groups excluding tert-OH is 1. The third-order valence-electron chi connectivity index (χ3n) is 7.32. The molecule has 7 rings (SSSR count). The van der Waals surface area contributed by atoms with Crippen molar-refractivity contribution < 1.29 is 14.7 Å². The Kier molecular flexibility index (Phi) is 3.60. The molecule has 1 heterocycles. The highest BCUT2D eigenvalue weighted by Crippen LogP contribution is 2.63. The minimum Gasteiger partial charge on any atom is -0.395 e. The Morgan fingerprint density at radius 2 is 1.33 bits per heavy atom. The fraction of sp³-hybridized carbons (Fsp3) is 0.231. The van der Waals surface area contributed by atoms with E-state index in [0.29, 0.717) is 0 Å². The van der Waals surface area contributed by atoms with Crippen LogP contribution in [0.2, 0.25) is 0 Å². The van der Waals surface area contributed by atoms with Gasteiger partial charge in [-0.3, -0.25) is 14.5 Å². The van der Waals surface area contributed by atoms with Gasteiger partial charge in [0.25, 0.3) is 0 Å². The number of imide groups is 1. The highest BCUT2D eigenvalue weighted by atomic mass is 16.3. The van der Waals surface area contributed by atoms with E-state index in [1.165, 1.54) is 4.90 Å². The maximum atomic E-state index is 13.7. The van der Waals surface area contributed by atoms with Gasteiger partial charge >= 0.3 is 0 Å². The van der Waals surface area contributed by atoms with Gasteiger partial charge in [-0.15, -0.1) is 0 Å². The summed E-state index contributed by atoms with van der Waals surface area (Å²) < 4.78 is 0. The van der Waals surface area contributed by atoms with E-state index in [0.717, 1.165) is 27.8 Å². The van der Waals surface area contributed by atoms with Gasteiger partial charge in [0, 0.05) is 5.92 Å². The van der Waals surface area contributed by atoms with Crippen molar-refractivity contribution in [1.29, 1.82) is 0 Å². The number of hydrogen-bond acceptors (Lipinski definition) is 3. The quantitative estimate of drug-likeness (QED) is 0.693. The van der Waals surface area contributed by atoms with E-state index in [-0.39, 0.29) is 30.9 Å². The summed E-state index contributed by atoms with van der Waals surface area (Å²) in [6, 6.07) is 25.6. The molecule has 3 aromatic carbocycles. The molecular weight excluding hydrogens is 374 g/mol. The fourth-order valence-corrected chi connectivity index (χ4v) is 6.18. The molecule has 148 valence electrons. The van der Waals surface area contributed by atoms with Crippen molar-refractivity contribution in [3.63, 3.8) is 0 Å². The highest BCUT2D eigenvalue weighted by Gasteiger charge is 2.67. The van der Waals surface area contributed by atoms with Gasteiger partial charge in [0.05, 0.1) is 30.4 Å². The van der Waals surface area contributed by atoms with E-state index in [1.807, 2.05) is 78.9 Å². The molecule has 2 atom stereocenters. The van der Waals surface area contributed by atoms with Gasteiger partial charge in [-0.2, -0.15) is 0 Å². The monoisotopic (exact) mass is 395 g/mol. The summed E-state index contributed by atoms with van der Waals surface area (Å²) in [6.07, 6.45) is 0. The Hall–Kier alpha value is -3.24. The lowest BCUT2D eigenvalue weighted by Gasteiger charge is -2.53. The molecule has 2 bridgehead atoms. The summed E-state index contributed by atoms with van der Waals surface area (Å²) in [5, 5.41) is 10.8. The van der Waals surface area contributed by atoms with Gasteiger partial charge in [-0.05, 0) is 27.8 Å². The maximum absolute atomic E-state index is 13.7. The number of benzene rings is 3. The molecule has 1 N–H and O–H groups in total. The van der Waals surface area contributed by atoms with Gasteiger partial charge in [0.1, 0.15) is 0 Å². The number of carbonyl (C=O) groups excluding carboxylic acids is 2. The van der Waals surface area contributed by atoms with Crippen LogP contribution in [0, 0.1) is 11.8 Å². The zero-order valence-corrected chi connectivity index (χ0v) is 16.4. The topological polar surface area (TPSA) is 57.6 Å². The fourth-order valence-electron chi connectivity index (χ4n) is 6.18. The van der Waals surface area contributed by atoms with Crippen LogP contribution in [0.5, 0.6) is 0 Å². The Morgan fingerprint density at radius 1 is 0.767 bits per heavy atom. The van der Waals surface area contributed by atoms with Crippen LogP contribution in [-0.4, -0.2) is 28.4 Å². The zero-order valence-electron chi connectivity index (χ0n) is 16.4.